The van der Waals surface area contributed by atoms with Crippen LogP contribution in [0.3, 0.4) is 0 Å². The van der Waals surface area contributed by atoms with Gasteiger partial charge in [0.1, 0.15) is 5.65 Å². The number of hydrogen-bond donors (Lipinski definition) is 1. The molecule has 0 aliphatic carbocycles. The lowest BCUT2D eigenvalue weighted by molar-refractivity contribution is -0.137. The Hall–Kier alpha value is -1.89. The number of imidazole rings is 1. The number of nitrogens with zero attached hydrogens (tertiary/aromatic N) is 2. The molecule has 0 aromatic carbocycles. The maximum absolute atomic E-state index is 12.2. The van der Waals surface area contributed by atoms with Crippen LogP contribution in [0.1, 0.15) is 19.5 Å². The van der Waals surface area contributed by atoms with Gasteiger partial charge in [0, 0.05) is 12.4 Å². The molecule has 0 radical (unpaired) electrons. The van der Waals surface area contributed by atoms with Crippen LogP contribution in [0.15, 0.2) is 30.6 Å². The Morgan fingerprint density at radius 1 is 1.40 bits per heavy atom. The summed E-state index contributed by atoms with van der Waals surface area (Å²) in [5, 5.41) is 7.68. The van der Waals surface area contributed by atoms with Crippen molar-refractivity contribution >= 4 is 21.5 Å². The van der Waals surface area contributed by atoms with Gasteiger partial charge < -0.3 is 9.51 Å². The van der Waals surface area contributed by atoms with E-state index < -0.39 is 27.0 Å². The van der Waals surface area contributed by atoms with Gasteiger partial charge in [-0.25, -0.2) is 13.4 Å². The fraction of sp³-hybridized carbons (Fsp3) is 0.385. The lowest BCUT2D eigenvalue weighted by Crippen LogP contribution is -2.35. The van der Waals surface area contributed by atoms with E-state index in [-0.39, 0.29) is 5.75 Å². The minimum atomic E-state index is -3.80. The largest absolute Gasteiger partial charge is 0.480 e. The highest BCUT2D eigenvalue weighted by Crippen LogP contribution is 2.18. The molecule has 2 rings (SSSR count). The standard InChI is InChI=1S/C13H16N2O4S/c1-9(2)12(13(16)17)20(18,19)8-10-7-15-6-4-3-5-11(15)14-10/h3-7,9,12H,8H2,1-2H3,(H,16,17). The van der Waals surface area contributed by atoms with Crippen molar-refractivity contribution < 1.29 is 18.3 Å². The molecular weight excluding hydrogens is 280 g/mol. The SMILES string of the molecule is CC(C)C(C(=O)O)S(=O)(=O)Cc1cn2ccccc2n1. The van der Waals surface area contributed by atoms with Gasteiger partial charge in [-0.2, -0.15) is 0 Å². The molecule has 2 aromatic rings. The molecule has 0 aliphatic rings. The molecular formula is C13H16N2O4S. The van der Waals surface area contributed by atoms with Crippen LogP contribution in [0.2, 0.25) is 0 Å². The Labute approximate surface area is 117 Å². The van der Waals surface area contributed by atoms with E-state index in [9.17, 15) is 13.2 Å². The lowest BCUT2D eigenvalue weighted by atomic mass is 10.1. The van der Waals surface area contributed by atoms with Gasteiger partial charge in [0.15, 0.2) is 15.1 Å². The van der Waals surface area contributed by atoms with Gasteiger partial charge in [-0.05, 0) is 18.1 Å². The highest BCUT2D eigenvalue weighted by atomic mass is 32.2. The van der Waals surface area contributed by atoms with Crippen molar-refractivity contribution in [3.8, 4) is 0 Å². The van der Waals surface area contributed by atoms with Crippen LogP contribution in [0, 0.1) is 5.92 Å². The third kappa shape index (κ3) is 2.82. The lowest BCUT2D eigenvalue weighted by Gasteiger charge is -2.15. The molecule has 1 unspecified atom stereocenters. The van der Waals surface area contributed by atoms with Crippen molar-refractivity contribution in [2.75, 3.05) is 0 Å². The van der Waals surface area contributed by atoms with E-state index in [2.05, 4.69) is 4.98 Å². The van der Waals surface area contributed by atoms with Gasteiger partial charge in [-0.15, -0.1) is 0 Å². The molecule has 0 amide bonds. The van der Waals surface area contributed by atoms with Crippen molar-refractivity contribution in [3.63, 3.8) is 0 Å². The number of fused-ring (bicyclic) bond motifs is 1. The van der Waals surface area contributed by atoms with Crippen molar-refractivity contribution in [2.24, 2.45) is 5.92 Å². The van der Waals surface area contributed by atoms with E-state index in [1.54, 1.807) is 48.8 Å². The summed E-state index contributed by atoms with van der Waals surface area (Å²) in [6.45, 7) is 3.17. The summed E-state index contributed by atoms with van der Waals surface area (Å²) < 4.78 is 26.2. The second-order valence-electron chi connectivity index (χ2n) is 5.01. The van der Waals surface area contributed by atoms with E-state index in [1.807, 2.05) is 0 Å². The summed E-state index contributed by atoms with van der Waals surface area (Å²) in [4.78, 5) is 15.3. The van der Waals surface area contributed by atoms with Crippen LogP contribution in [-0.2, 0) is 20.4 Å². The number of carboxylic acid groups (broad SMARTS) is 1. The second kappa shape index (κ2) is 5.24. The monoisotopic (exact) mass is 296 g/mol. The molecule has 1 atom stereocenters. The van der Waals surface area contributed by atoms with Crippen LogP contribution < -0.4 is 0 Å². The predicted octanol–water partition coefficient (Wildman–Crippen LogP) is 1.36. The molecule has 0 aliphatic heterocycles. The second-order valence-corrected chi connectivity index (χ2v) is 7.13. The molecule has 7 heteroatoms. The topological polar surface area (TPSA) is 88.7 Å². The maximum Gasteiger partial charge on any atom is 0.322 e. The molecule has 0 fully saturated rings. The number of rotatable bonds is 5. The molecule has 6 nitrogen and oxygen atoms in total. The van der Waals surface area contributed by atoms with Crippen molar-refractivity contribution in [2.45, 2.75) is 24.9 Å². The zero-order valence-electron chi connectivity index (χ0n) is 11.2. The normalized spacial score (nSPS) is 13.8. The zero-order valence-corrected chi connectivity index (χ0v) is 12.0. The molecule has 0 bridgehead atoms. The summed E-state index contributed by atoms with van der Waals surface area (Å²) in [6, 6.07) is 5.36. The average Bonchev–Trinajstić information content (AvgIpc) is 2.67. The number of aliphatic carboxylic acids is 1. The van der Waals surface area contributed by atoms with Gasteiger partial charge in [0.05, 0.1) is 11.4 Å². The Balaban J connectivity index is 2.34. The maximum atomic E-state index is 12.2. The van der Waals surface area contributed by atoms with Crippen LogP contribution >= 0.6 is 0 Å². The smallest absolute Gasteiger partial charge is 0.322 e. The van der Waals surface area contributed by atoms with Crippen molar-refractivity contribution in [3.05, 3.63) is 36.3 Å². The number of aromatic nitrogens is 2. The van der Waals surface area contributed by atoms with Crippen LogP contribution in [-0.4, -0.2) is 34.1 Å². The Bertz CT molecular complexity index is 701. The highest BCUT2D eigenvalue weighted by molar-refractivity contribution is 7.92. The third-order valence-corrected chi connectivity index (χ3v) is 5.22. The first kappa shape index (κ1) is 14.5. The minimum Gasteiger partial charge on any atom is -0.480 e. The van der Waals surface area contributed by atoms with E-state index in [4.69, 9.17) is 5.11 Å². The molecule has 2 heterocycles. The Morgan fingerprint density at radius 2 is 2.10 bits per heavy atom. The number of hydrogen-bond acceptors (Lipinski definition) is 4. The predicted molar refractivity (Wildman–Crippen MR) is 74.1 cm³/mol. The Morgan fingerprint density at radius 3 is 2.65 bits per heavy atom. The number of sulfone groups is 1. The first-order chi connectivity index (χ1) is 9.31. The number of carboxylic acids is 1. The fourth-order valence-corrected chi connectivity index (χ4v) is 4.07. The first-order valence-corrected chi connectivity index (χ1v) is 7.90. The third-order valence-electron chi connectivity index (χ3n) is 3.00. The van der Waals surface area contributed by atoms with Gasteiger partial charge in [0.25, 0.3) is 0 Å². The average molecular weight is 296 g/mol. The van der Waals surface area contributed by atoms with Crippen LogP contribution in [0.4, 0.5) is 0 Å². The molecule has 1 N–H and O–H groups in total. The molecule has 0 saturated heterocycles. The summed E-state index contributed by atoms with van der Waals surface area (Å²) in [6.07, 6.45) is 3.36. The van der Waals surface area contributed by atoms with Gasteiger partial charge in [0.2, 0.25) is 0 Å². The van der Waals surface area contributed by atoms with Gasteiger partial charge in [-0.3, -0.25) is 4.79 Å². The van der Waals surface area contributed by atoms with Crippen LogP contribution in [0.5, 0.6) is 0 Å². The molecule has 0 saturated carbocycles. The summed E-state index contributed by atoms with van der Waals surface area (Å²) in [7, 11) is -3.80. The van der Waals surface area contributed by atoms with Crippen molar-refractivity contribution in [1.82, 2.24) is 9.38 Å². The highest BCUT2D eigenvalue weighted by Gasteiger charge is 2.35. The summed E-state index contributed by atoms with van der Waals surface area (Å²) >= 11 is 0. The number of pyridine rings is 1. The fourth-order valence-electron chi connectivity index (χ4n) is 2.21. The van der Waals surface area contributed by atoms with Gasteiger partial charge in [-0.1, -0.05) is 19.9 Å². The Kier molecular flexibility index (Phi) is 3.80. The van der Waals surface area contributed by atoms with Gasteiger partial charge >= 0.3 is 5.97 Å². The van der Waals surface area contributed by atoms with E-state index >= 15 is 0 Å². The van der Waals surface area contributed by atoms with Crippen LogP contribution in [0.25, 0.3) is 5.65 Å². The van der Waals surface area contributed by atoms with E-state index in [0.717, 1.165) is 0 Å². The minimum absolute atomic E-state index is 0.350. The first-order valence-electron chi connectivity index (χ1n) is 6.18. The van der Waals surface area contributed by atoms with E-state index in [1.165, 1.54) is 0 Å². The zero-order chi connectivity index (χ0) is 14.9. The molecule has 0 spiro atoms. The summed E-state index contributed by atoms with van der Waals surface area (Å²) in [5.74, 6) is -2.18. The molecule has 108 valence electrons. The summed E-state index contributed by atoms with van der Waals surface area (Å²) in [5.41, 5.74) is 0.984. The quantitative estimate of drug-likeness (QED) is 0.900. The molecule has 20 heavy (non-hydrogen) atoms. The van der Waals surface area contributed by atoms with E-state index in [0.29, 0.717) is 11.3 Å². The van der Waals surface area contributed by atoms with Crippen molar-refractivity contribution in [1.29, 1.82) is 0 Å². The molecule has 2 aromatic heterocycles. The number of carbonyl (C=O) groups is 1.